The number of benzene rings is 1. The summed E-state index contributed by atoms with van der Waals surface area (Å²) in [6, 6.07) is 8.62. The Kier molecular flexibility index (Phi) is 4.78. The van der Waals surface area contributed by atoms with Crippen LogP contribution in [-0.2, 0) is 18.6 Å². The smallest absolute Gasteiger partial charge is 0.127 e. The Hall–Kier alpha value is -1.81. The first-order chi connectivity index (χ1) is 10.8. The summed E-state index contributed by atoms with van der Waals surface area (Å²) in [5.41, 5.74) is 3.48. The number of hydrogen-bond donors (Lipinski definition) is 0. The maximum Gasteiger partial charge on any atom is 0.127 e. The molecule has 1 aromatic carbocycles. The molecule has 0 bridgehead atoms. The fourth-order valence-corrected chi connectivity index (χ4v) is 3.44. The topological polar surface area (TPSA) is 22.1 Å². The van der Waals surface area contributed by atoms with E-state index in [-0.39, 0.29) is 5.82 Å². The summed E-state index contributed by atoms with van der Waals surface area (Å²) < 4.78 is 18.7. The zero-order chi connectivity index (χ0) is 15.4. The first-order valence-corrected chi connectivity index (χ1v) is 8.38. The van der Waals surface area contributed by atoms with Gasteiger partial charge < -0.3 is 4.74 Å². The van der Waals surface area contributed by atoms with E-state index in [2.05, 4.69) is 6.58 Å². The number of fused-ring (bicyclic) bond motifs is 1. The molecule has 0 saturated carbocycles. The molecule has 1 heterocycles. The van der Waals surface area contributed by atoms with E-state index in [1.165, 1.54) is 17.7 Å². The van der Waals surface area contributed by atoms with Gasteiger partial charge in [-0.3, -0.25) is 0 Å². The van der Waals surface area contributed by atoms with Crippen molar-refractivity contribution in [3.8, 4) is 5.75 Å². The normalized spacial score (nSPS) is 13.0. The van der Waals surface area contributed by atoms with Gasteiger partial charge in [0.1, 0.15) is 23.2 Å². The van der Waals surface area contributed by atoms with E-state index in [0.717, 1.165) is 47.0 Å². The number of nitrogens with zero attached hydrogens (tertiary/aromatic N) is 1. The molecular formula is C18H18FNOS. The average molecular weight is 315 g/mol. The van der Waals surface area contributed by atoms with Gasteiger partial charge >= 0.3 is 0 Å². The molecule has 3 rings (SSSR count). The van der Waals surface area contributed by atoms with Gasteiger partial charge in [0, 0.05) is 23.1 Å². The Morgan fingerprint density at radius 3 is 2.86 bits per heavy atom. The molecule has 4 heteroatoms. The summed E-state index contributed by atoms with van der Waals surface area (Å²) in [7, 11) is 0. The summed E-state index contributed by atoms with van der Waals surface area (Å²) in [5, 5.41) is 0.962. The highest BCUT2D eigenvalue weighted by molar-refractivity contribution is 7.98. The highest BCUT2D eigenvalue weighted by Gasteiger charge is 2.19. The molecule has 0 aliphatic heterocycles. The SMILES string of the molecule is C=CCOc1cc(SCc2ccc(F)cc2)nc2c1CCC2. The van der Waals surface area contributed by atoms with Gasteiger partial charge in [-0.1, -0.05) is 24.8 Å². The number of hydrogen-bond acceptors (Lipinski definition) is 3. The lowest BCUT2D eigenvalue weighted by Crippen LogP contribution is -2.00. The van der Waals surface area contributed by atoms with Crippen molar-refractivity contribution in [2.45, 2.75) is 30.0 Å². The third kappa shape index (κ3) is 3.50. The molecule has 1 aromatic heterocycles. The number of aryl methyl sites for hydroxylation is 1. The molecule has 114 valence electrons. The fourth-order valence-electron chi connectivity index (χ4n) is 2.57. The summed E-state index contributed by atoms with van der Waals surface area (Å²) >= 11 is 1.65. The van der Waals surface area contributed by atoms with E-state index in [1.807, 2.05) is 18.2 Å². The highest BCUT2D eigenvalue weighted by atomic mass is 32.2. The first-order valence-electron chi connectivity index (χ1n) is 7.40. The zero-order valence-electron chi connectivity index (χ0n) is 12.3. The van der Waals surface area contributed by atoms with Crippen molar-refractivity contribution in [2.24, 2.45) is 0 Å². The predicted molar refractivity (Wildman–Crippen MR) is 87.9 cm³/mol. The number of aromatic nitrogens is 1. The number of rotatable bonds is 6. The van der Waals surface area contributed by atoms with Gasteiger partial charge in [-0.25, -0.2) is 9.37 Å². The number of pyridine rings is 1. The number of ether oxygens (including phenoxy) is 1. The van der Waals surface area contributed by atoms with Gasteiger partial charge in [0.15, 0.2) is 0 Å². The highest BCUT2D eigenvalue weighted by Crippen LogP contribution is 2.34. The van der Waals surface area contributed by atoms with Crippen LogP contribution in [-0.4, -0.2) is 11.6 Å². The second-order valence-electron chi connectivity index (χ2n) is 5.25. The van der Waals surface area contributed by atoms with Crippen molar-refractivity contribution < 1.29 is 9.13 Å². The lowest BCUT2D eigenvalue weighted by Gasteiger charge is -2.11. The van der Waals surface area contributed by atoms with Crippen molar-refractivity contribution in [3.05, 3.63) is 65.6 Å². The largest absolute Gasteiger partial charge is 0.489 e. The molecule has 0 unspecified atom stereocenters. The molecule has 0 N–H and O–H groups in total. The quantitative estimate of drug-likeness (QED) is 0.576. The Bertz CT molecular complexity index is 670. The monoisotopic (exact) mass is 315 g/mol. The Labute approximate surface area is 134 Å². The van der Waals surface area contributed by atoms with Crippen LogP contribution in [0.1, 0.15) is 23.2 Å². The van der Waals surface area contributed by atoms with Crippen molar-refractivity contribution in [1.29, 1.82) is 0 Å². The third-order valence-electron chi connectivity index (χ3n) is 3.64. The van der Waals surface area contributed by atoms with Crippen LogP contribution in [0.4, 0.5) is 4.39 Å². The molecule has 0 atom stereocenters. The van der Waals surface area contributed by atoms with Gasteiger partial charge in [-0.05, 0) is 37.0 Å². The second-order valence-corrected chi connectivity index (χ2v) is 6.25. The number of thioether (sulfide) groups is 1. The summed E-state index contributed by atoms with van der Waals surface area (Å²) in [5.74, 6) is 1.50. The van der Waals surface area contributed by atoms with Crippen LogP contribution in [0.25, 0.3) is 0 Å². The summed E-state index contributed by atoms with van der Waals surface area (Å²) in [4.78, 5) is 4.74. The number of halogens is 1. The van der Waals surface area contributed by atoms with Gasteiger partial charge in [0.05, 0.1) is 0 Å². The molecule has 0 amide bonds. The third-order valence-corrected chi connectivity index (χ3v) is 4.63. The Morgan fingerprint density at radius 1 is 1.27 bits per heavy atom. The van der Waals surface area contributed by atoms with Gasteiger partial charge in [-0.2, -0.15) is 0 Å². The zero-order valence-corrected chi connectivity index (χ0v) is 13.2. The van der Waals surface area contributed by atoms with E-state index in [1.54, 1.807) is 17.8 Å². The molecule has 22 heavy (non-hydrogen) atoms. The molecular weight excluding hydrogens is 297 g/mol. The molecule has 1 aliphatic rings. The molecule has 2 aromatic rings. The summed E-state index contributed by atoms with van der Waals surface area (Å²) in [6.45, 7) is 4.21. The molecule has 0 radical (unpaired) electrons. The molecule has 0 fully saturated rings. The van der Waals surface area contributed by atoms with Crippen LogP contribution in [0.15, 0.2) is 48.0 Å². The van der Waals surface area contributed by atoms with Crippen LogP contribution in [0.5, 0.6) is 5.75 Å². The van der Waals surface area contributed by atoms with Crippen LogP contribution in [0.3, 0.4) is 0 Å². The lowest BCUT2D eigenvalue weighted by molar-refractivity contribution is 0.358. The van der Waals surface area contributed by atoms with E-state index in [0.29, 0.717) is 6.61 Å². The van der Waals surface area contributed by atoms with E-state index < -0.39 is 0 Å². The standard InChI is InChI=1S/C18H18FNOS/c1-2-10-21-17-11-18(20-16-5-3-4-15(16)17)22-12-13-6-8-14(19)9-7-13/h2,6-9,11H,1,3-5,10,12H2. The lowest BCUT2D eigenvalue weighted by atomic mass is 10.2. The van der Waals surface area contributed by atoms with Gasteiger partial charge in [-0.15, -0.1) is 11.8 Å². The maximum atomic E-state index is 12.9. The summed E-state index contributed by atoms with van der Waals surface area (Å²) in [6.07, 6.45) is 4.95. The van der Waals surface area contributed by atoms with Crippen molar-refractivity contribution in [3.63, 3.8) is 0 Å². The fraction of sp³-hybridized carbons (Fsp3) is 0.278. The molecule has 0 spiro atoms. The maximum absolute atomic E-state index is 12.9. The first kappa shape index (κ1) is 15.1. The van der Waals surface area contributed by atoms with Crippen LogP contribution in [0.2, 0.25) is 0 Å². The minimum atomic E-state index is -0.204. The van der Waals surface area contributed by atoms with Crippen molar-refractivity contribution in [1.82, 2.24) is 4.98 Å². The van der Waals surface area contributed by atoms with Crippen LogP contribution in [0, 0.1) is 5.82 Å². The molecule has 1 aliphatic carbocycles. The molecule has 0 saturated heterocycles. The molecule has 2 nitrogen and oxygen atoms in total. The minimum absolute atomic E-state index is 0.204. The van der Waals surface area contributed by atoms with Gasteiger partial charge in [0.25, 0.3) is 0 Å². The van der Waals surface area contributed by atoms with E-state index >= 15 is 0 Å². The van der Waals surface area contributed by atoms with Crippen molar-refractivity contribution >= 4 is 11.8 Å². The second kappa shape index (κ2) is 6.97. The minimum Gasteiger partial charge on any atom is -0.489 e. The van der Waals surface area contributed by atoms with Crippen LogP contribution < -0.4 is 4.74 Å². The van der Waals surface area contributed by atoms with Gasteiger partial charge in [0.2, 0.25) is 0 Å². The van der Waals surface area contributed by atoms with E-state index in [9.17, 15) is 4.39 Å². The predicted octanol–water partition coefficient (Wildman–Crippen LogP) is 4.57. The Morgan fingerprint density at radius 2 is 2.09 bits per heavy atom. The van der Waals surface area contributed by atoms with E-state index in [4.69, 9.17) is 9.72 Å². The van der Waals surface area contributed by atoms with Crippen LogP contribution >= 0.6 is 11.8 Å². The average Bonchev–Trinajstić information content (AvgIpc) is 3.00. The Balaban J connectivity index is 1.75. The van der Waals surface area contributed by atoms with Crippen molar-refractivity contribution in [2.75, 3.05) is 6.61 Å².